The van der Waals surface area contributed by atoms with Gasteiger partial charge in [0.2, 0.25) is 0 Å². The number of fused-ring (bicyclic) bond motifs is 1. The summed E-state index contributed by atoms with van der Waals surface area (Å²) in [5, 5.41) is 51.3. The standard InChI is InChI=1S/C21H24F3NO4.C20H22F3NO3.2C3H6.CH4O.U/c1-3-4-15-9-16(14-5-7-18(8-6-14)29-21(22,23)24)10-17(11-25-12-26)19(15)20(28)13(2)27;1-2-3-16-14(11-24-12-25)10-18(19-17(16)8-9-26-19)13-4-6-15(7-5-13)27-20(21,22)23;2*1-3-2;1-2;/h5-8,10,13,20,25-28H,1,3-4,11-12H2,2H3;4-7,10,24-25H,2-3,8-9,11-12H2,1H3;2*3H,1H2,2H3;2H,1H3;/q-2;;;;;+2. The molecular formula is C48H62F6N2O8U. The van der Waals surface area contributed by atoms with E-state index in [1.165, 1.54) is 48.9 Å². The second kappa shape index (κ2) is 31.9. The Balaban J connectivity index is 0.00000107. The molecule has 0 radical (unpaired) electrons. The van der Waals surface area contributed by atoms with Crippen molar-refractivity contribution < 1.29 is 97.2 Å². The van der Waals surface area contributed by atoms with E-state index in [1.54, 1.807) is 30.4 Å². The third-order valence-corrected chi connectivity index (χ3v) is 8.79. The Bertz CT molecular complexity index is 1960. The van der Waals surface area contributed by atoms with Crippen molar-refractivity contribution in [3.63, 3.8) is 0 Å². The fourth-order valence-electron chi connectivity index (χ4n) is 6.49. The van der Waals surface area contributed by atoms with E-state index in [4.69, 9.17) is 20.1 Å². The minimum absolute atomic E-state index is 0. The maximum Gasteiger partial charge on any atom is 2.00 e. The SMILES string of the molecule is C=CC.C=CC.CCCc1c(CNCO)cc(-c2ccc(OC(F)(F)F)cc2)c2c1CCO2.CO.[CH2-]CCc1[c-]c(-c2ccc(OC(F)(F)F)cc2)cc(CNCO)c1C(O)C(C)O.[U+2]. The fraction of sp³-hybridized carbons (Fsp3) is 0.396. The largest absolute Gasteiger partial charge is 2.00 e. The zero-order chi connectivity index (χ0) is 48.5. The number of hydrogen-bond acceptors (Lipinski definition) is 10. The Labute approximate surface area is 402 Å². The number of nitrogens with one attached hydrogen (secondary N) is 2. The molecule has 1 aliphatic rings. The van der Waals surface area contributed by atoms with E-state index < -0.39 is 24.9 Å². The molecule has 358 valence electrons. The average molecular weight is 1150 g/mol. The molecule has 5 rings (SSSR count). The predicted octanol–water partition coefficient (Wildman–Crippen LogP) is 9.44. The van der Waals surface area contributed by atoms with Crippen LogP contribution >= 0.6 is 0 Å². The second-order valence-corrected chi connectivity index (χ2v) is 13.7. The summed E-state index contributed by atoms with van der Waals surface area (Å²) >= 11 is 0. The Morgan fingerprint density at radius 3 is 1.72 bits per heavy atom. The molecule has 17 heteroatoms. The third-order valence-electron chi connectivity index (χ3n) is 8.79. The normalized spacial score (nSPS) is 12.3. The summed E-state index contributed by atoms with van der Waals surface area (Å²) in [6.45, 7) is 18.8. The summed E-state index contributed by atoms with van der Waals surface area (Å²) < 4.78 is 87.8. The molecule has 2 atom stereocenters. The molecule has 1 heterocycles. The molecule has 1 aliphatic heterocycles. The maximum atomic E-state index is 12.4. The van der Waals surface area contributed by atoms with Gasteiger partial charge >= 0.3 is 43.8 Å². The van der Waals surface area contributed by atoms with Crippen molar-refractivity contribution in [2.45, 2.75) is 97.8 Å². The first-order valence-electron chi connectivity index (χ1n) is 20.4. The van der Waals surface area contributed by atoms with Crippen LogP contribution in [0.3, 0.4) is 0 Å². The summed E-state index contributed by atoms with van der Waals surface area (Å²) in [5.41, 5.74) is 8.05. The predicted molar refractivity (Wildman–Crippen MR) is 237 cm³/mol. The van der Waals surface area contributed by atoms with E-state index in [1.807, 2.05) is 19.9 Å². The van der Waals surface area contributed by atoms with Gasteiger partial charge in [0.15, 0.2) is 0 Å². The summed E-state index contributed by atoms with van der Waals surface area (Å²) in [5.74, 6) is 0.215. The first-order chi connectivity index (χ1) is 30.4. The van der Waals surface area contributed by atoms with E-state index in [2.05, 4.69) is 53.2 Å². The van der Waals surface area contributed by atoms with Crippen molar-refractivity contribution >= 4 is 0 Å². The van der Waals surface area contributed by atoms with Crippen LogP contribution in [-0.2, 0) is 32.4 Å². The van der Waals surface area contributed by atoms with Crippen molar-refractivity contribution in [3.05, 3.63) is 132 Å². The molecule has 7 N–H and O–H groups in total. The van der Waals surface area contributed by atoms with E-state index in [9.17, 15) is 36.6 Å². The molecule has 4 aromatic rings. The smallest absolute Gasteiger partial charge is 0.492 e. The van der Waals surface area contributed by atoms with Crippen molar-refractivity contribution in [2.75, 3.05) is 27.2 Å². The molecule has 65 heavy (non-hydrogen) atoms. The molecule has 0 spiro atoms. The number of aryl methyl sites for hydroxylation is 1. The molecule has 0 aromatic heterocycles. The minimum Gasteiger partial charge on any atom is -0.492 e. The Morgan fingerprint density at radius 2 is 1.29 bits per heavy atom. The van der Waals surface area contributed by atoms with Crippen LogP contribution in [0.5, 0.6) is 17.2 Å². The van der Waals surface area contributed by atoms with Gasteiger partial charge in [-0.25, -0.2) is 0 Å². The quantitative estimate of drug-likeness (QED) is 0.0250. The maximum absolute atomic E-state index is 12.4. The number of ether oxygens (including phenoxy) is 3. The number of alkyl halides is 6. The topological polar surface area (TPSA) is 153 Å². The van der Waals surface area contributed by atoms with Gasteiger partial charge in [-0.15, -0.1) is 68.3 Å². The summed E-state index contributed by atoms with van der Waals surface area (Å²) in [4.78, 5) is 0. The number of benzene rings is 4. The number of hydrogen-bond donors (Lipinski definition) is 7. The van der Waals surface area contributed by atoms with Crippen LogP contribution < -0.4 is 24.8 Å². The van der Waals surface area contributed by atoms with Crippen molar-refractivity contribution in [3.8, 4) is 39.5 Å². The van der Waals surface area contributed by atoms with Gasteiger partial charge in [-0.1, -0.05) is 67.3 Å². The van der Waals surface area contributed by atoms with Crippen LogP contribution in [0.2, 0.25) is 0 Å². The van der Waals surface area contributed by atoms with Crippen LogP contribution in [0.25, 0.3) is 22.3 Å². The summed E-state index contributed by atoms with van der Waals surface area (Å²) in [6.07, 6.45) is -4.45. The Kier molecular flexibility index (Phi) is 30.0. The van der Waals surface area contributed by atoms with Gasteiger partial charge < -0.3 is 46.7 Å². The van der Waals surface area contributed by atoms with Gasteiger partial charge in [0, 0.05) is 37.7 Å². The minimum atomic E-state index is -4.77. The van der Waals surface area contributed by atoms with E-state index in [0.717, 1.165) is 54.4 Å². The molecule has 0 aliphatic carbocycles. The van der Waals surface area contributed by atoms with Gasteiger partial charge in [-0.3, -0.25) is 10.6 Å². The van der Waals surface area contributed by atoms with Gasteiger partial charge in [0.05, 0.1) is 32.3 Å². The molecule has 0 saturated carbocycles. The third kappa shape index (κ3) is 21.1. The fourth-order valence-corrected chi connectivity index (χ4v) is 6.49. The molecule has 0 bridgehead atoms. The molecule has 10 nitrogen and oxygen atoms in total. The Morgan fingerprint density at radius 1 is 0.815 bits per heavy atom. The first-order valence-corrected chi connectivity index (χ1v) is 20.4. The van der Waals surface area contributed by atoms with Crippen LogP contribution in [0.15, 0.2) is 86.0 Å². The monoisotopic (exact) mass is 1150 g/mol. The summed E-state index contributed by atoms with van der Waals surface area (Å²) in [7, 11) is 1.00. The van der Waals surface area contributed by atoms with Crippen LogP contribution in [-0.4, -0.2) is 71.5 Å². The zero-order valence-corrected chi connectivity index (χ0v) is 41.7. The Hall–Kier alpha value is -3.89. The number of aliphatic hydroxyl groups is 5. The van der Waals surface area contributed by atoms with Crippen LogP contribution in [0.4, 0.5) is 26.3 Å². The van der Waals surface area contributed by atoms with Crippen molar-refractivity contribution in [1.82, 2.24) is 10.6 Å². The van der Waals surface area contributed by atoms with Crippen molar-refractivity contribution in [2.24, 2.45) is 0 Å². The zero-order valence-electron chi connectivity index (χ0n) is 37.5. The number of allylic oxidation sites excluding steroid dienone is 2. The van der Waals surface area contributed by atoms with E-state index >= 15 is 0 Å². The van der Waals surface area contributed by atoms with Crippen LogP contribution in [0, 0.1) is 44.1 Å². The van der Waals surface area contributed by atoms with Gasteiger partial charge in [-0.2, -0.15) is 6.42 Å². The average Bonchev–Trinajstić information content (AvgIpc) is 3.74. The van der Waals surface area contributed by atoms with E-state index in [-0.39, 0.29) is 62.6 Å². The number of rotatable bonds is 16. The first kappa shape index (κ1) is 61.1. The molecule has 2 unspecified atom stereocenters. The number of halogens is 6. The van der Waals surface area contributed by atoms with Gasteiger partial charge in [0.1, 0.15) is 17.2 Å². The van der Waals surface area contributed by atoms with E-state index in [0.29, 0.717) is 53.8 Å². The molecule has 0 amide bonds. The molecule has 4 aromatic carbocycles. The second-order valence-electron chi connectivity index (χ2n) is 13.7. The van der Waals surface area contributed by atoms with Gasteiger partial charge in [0.25, 0.3) is 0 Å². The molecule has 0 saturated heterocycles. The summed E-state index contributed by atoms with van der Waals surface area (Å²) in [6, 6.07) is 18.1. The van der Waals surface area contributed by atoms with Crippen molar-refractivity contribution in [1.29, 1.82) is 0 Å². The van der Waals surface area contributed by atoms with Gasteiger partial charge in [-0.05, 0) is 74.2 Å². The van der Waals surface area contributed by atoms with Crippen LogP contribution in [0.1, 0.15) is 80.0 Å². The molecular weight excluding hydrogens is 1080 g/mol. The molecule has 0 fully saturated rings. The number of aliphatic hydroxyl groups excluding tert-OH is 5.